The molecule has 1 aromatic carbocycles. The van der Waals surface area contributed by atoms with E-state index in [2.05, 4.69) is 20.5 Å². The van der Waals surface area contributed by atoms with E-state index in [0.29, 0.717) is 12.0 Å². The maximum atomic E-state index is 13.3. The molecule has 1 saturated heterocycles. The minimum Gasteiger partial charge on any atom is -0.354 e. The zero-order valence-electron chi connectivity index (χ0n) is 20.5. The van der Waals surface area contributed by atoms with Gasteiger partial charge in [-0.05, 0) is 56.2 Å². The average molecular weight is 475 g/mol. The molecular formula is C27H36N7O+. The Labute approximate surface area is 207 Å². The Kier molecular flexibility index (Phi) is 6.81. The van der Waals surface area contributed by atoms with Crippen LogP contribution in [0.25, 0.3) is 5.57 Å². The van der Waals surface area contributed by atoms with E-state index in [4.69, 9.17) is 10.4 Å². The lowest BCUT2D eigenvalue weighted by atomic mass is 9.84. The number of nitrogens with two attached hydrogens (primary N) is 1. The molecule has 5 rings (SSSR count). The highest BCUT2D eigenvalue weighted by molar-refractivity contribution is 6.07. The summed E-state index contributed by atoms with van der Waals surface area (Å²) in [5, 5.41) is 16.1. The van der Waals surface area contributed by atoms with Crippen molar-refractivity contribution < 1.29 is 10.1 Å². The van der Waals surface area contributed by atoms with E-state index in [9.17, 15) is 4.79 Å². The Hall–Kier alpha value is -3.26. The third-order valence-corrected chi connectivity index (χ3v) is 7.73. The number of fused-ring (bicyclic) bond motifs is 1. The van der Waals surface area contributed by atoms with Gasteiger partial charge in [0.2, 0.25) is 11.9 Å². The quantitative estimate of drug-likeness (QED) is 0.481. The van der Waals surface area contributed by atoms with E-state index in [1.165, 1.54) is 19.1 Å². The Morgan fingerprint density at radius 2 is 2.00 bits per heavy atom. The molecule has 184 valence electrons. The van der Waals surface area contributed by atoms with Gasteiger partial charge in [-0.25, -0.2) is 4.98 Å². The summed E-state index contributed by atoms with van der Waals surface area (Å²) < 4.78 is 0. The molecule has 1 aromatic heterocycles. The van der Waals surface area contributed by atoms with E-state index < -0.39 is 5.54 Å². The number of anilines is 3. The van der Waals surface area contributed by atoms with Gasteiger partial charge in [-0.1, -0.05) is 31.4 Å². The molecule has 1 saturated carbocycles. The van der Waals surface area contributed by atoms with Gasteiger partial charge in [-0.3, -0.25) is 4.79 Å². The van der Waals surface area contributed by atoms with Crippen LogP contribution in [0, 0.1) is 5.41 Å². The highest BCUT2D eigenvalue weighted by Gasteiger charge is 2.51. The maximum absolute atomic E-state index is 13.3. The number of hydrogen-bond donors (Lipinski definition) is 4. The minimum absolute atomic E-state index is 0.167. The van der Waals surface area contributed by atoms with Crippen molar-refractivity contribution >= 4 is 35.1 Å². The number of amides is 1. The Bertz CT molecular complexity index is 1110. The van der Waals surface area contributed by atoms with Crippen molar-refractivity contribution in [3.8, 4) is 0 Å². The van der Waals surface area contributed by atoms with Crippen LogP contribution in [0.3, 0.4) is 0 Å². The molecule has 8 heteroatoms. The van der Waals surface area contributed by atoms with Gasteiger partial charge < -0.3 is 26.3 Å². The van der Waals surface area contributed by atoms with Crippen LogP contribution in [0.1, 0.15) is 62.5 Å². The molecule has 0 bridgehead atoms. The predicted molar refractivity (Wildman–Crippen MR) is 139 cm³/mol. The van der Waals surface area contributed by atoms with Gasteiger partial charge in [0.15, 0.2) is 0 Å². The van der Waals surface area contributed by atoms with E-state index in [1.807, 2.05) is 49.0 Å². The van der Waals surface area contributed by atoms with Crippen molar-refractivity contribution in [2.75, 3.05) is 23.8 Å². The second-order valence-electron chi connectivity index (χ2n) is 9.90. The standard InChI is InChI=1S/C27H35N7O/c1-29-17-21(16-28)19-9-11-22(12-10-19)32-26-31-18-20-6-4-5-13-27(14-15-30-25(27)35)34(24(20)33-26)23-7-2-3-8-23/h9-12,16-18,23,28-29H,2-8,13-15H2,1H3,(H,30,35)(H,31,32,33)/p+1/b21-17+,28-16?. The minimum atomic E-state index is -0.497. The van der Waals surface area contributed by atoms with Gasteiger partial charge in [0, 0.05) is 36.2 Å². The van der Waals surface area contributed by atoms with Crippen molar-refractivity contribution in [3.05, 3.63) is 47.8 Å². The summed E-state index contributed by atoms with van der Waals surface area (Å²) in [7, 11) is 1.95. The number of carbonyl (C=O) groups is 1. The van der Waals surface area contributed by atoms with Crippen molar-refractivity contribution in [2.45, 2.75) is 69.4 Å². The molecular weight excluding hydrogens is 438 g/mol. The molecule has 2 aliphatic heterocycles. The third-order valence-electron chi connectivity index (χ3n) is 7.73. The van der Waals surface area contributed by atoms with E-state index in [1.54, 1.807) is 0 Å². The highest BCUT2D eigenvalue weighted by Crippen LogP contribution is 2.43. The van der Waals surface area contributed by atoms with Gasteiger partial charge in [0.25, 0.3) is 0 Å². The average Bonchev–Trinajstić information content (AvgIpc) is 3.52. The molecule has 1 unspecified atom stereocenters. The molecule has 1 aliphatic carbocycles. The van der Waals surface area contributed by atoms with Crippen LogP contribution in [0.2, 0.25) is 0 Å². The summed E-state index contributed by atoms with van der Waals surface area (Å²) in [6.45, 7) is 0.738. The van der Waals surface area contributed by atoms with Gasteiger partial charge in [0.1, 0.15) is 17.6 Å². The van der Waals surface area contributed by atoms with Crippen LogP contribution in [-0.2, 0) is 11.2 Å². The zero-order chi connectivity index (χ0) is 24.3. The second-order valence-corrected chi connectivity index (χ2v) is 9.90. The number of rotatable bonds is 6. The summed E-state index contributed by atoms with van der Waals surface area (Å²) in [6, 6.07) is 8.32. The van der Waals surface area contributed by atoms with Gasteiger partial charge >= 0.3 is 0 Å². The van der Waals surface area contributed by atoms with Crippen LogP contribution in [0.4, 0.5) is 17.5 Å². The molecule has 1 atom stereocenters. The molecule has 35 heavy (non-hydrogen) atoms. The maximum Gasteiger partial charge on any atom is 0.246 e. The molecule has 2 aromatic rings. The number of hydrogen-bond acceptors (Lipinski definition) is 6. The molecule has 1 amide bonds. The fourth-order valence-corrected chi connectivity index (χ4v) is 6.00. The number of benzene rings is 1. The van der Waals surface area contributed by atoms with Crippen molar-refractivity contribution in [3.63, 3.8) is 0 Å². The summed E-state index contributed by atoms with van der Waals surface area (Å²) in [5.41, 5.74) is 3.40. The number of nitrogens with zero attached hydrogens (tertiary/aromatic N) is 3. The first-order chi connectivity index (χ1) is 17.1. The Morgan fingerprint density at radius 1 is 1.20 bits per heavy atom. The molecule has 3 aliphatic rings. The van der Waals surface area contributed by atoms with Gasteiger partial charge in [-0.15, -0.1) is 0 Å². The first-order valence-electron chi connectivity index (χ1n) is 13.0. The first-order valence-corrected chi connectivity index (χ1v) is 13.0. The van der Waals surface area contributed by atoms with Crippen LogP contribution in [0.15, 0.2) is 36.7 Å². The largest absolute Gasteiger partial charge is 0.354 e. The fraction of sp³-hybridized carbons (Fsp3) is 0.481. The molecule has 2 fully saturated rings. The van der Waals surface area contributed by atoms with Crippen LogP contribution >= 0.6 is 0 Å². The van der Waals surface area contributed by atoms with Gasteiger partial charge in [-0.2, -0.15) is 4.98 Å². The summed E-state index contributed by atoms with van der Waals surface area (Å²) in [6.07, 6.45) is 14.7. The topological polar surface area (TPSA) is 111 Å². The number of carbonyl (C=O) groups excluding carboxylic acids is 1. The number of aryl methyl sites for hydroxylation is 1. The van der Waals surface area contributed by atoms with Crippen molar-refractivity contribution in [2.24, 2.45) is 0 Å². The van der Waals surface area contributed by atoms with Crippen LogP contribution in [-0.4, -0.2) is 47.3 Å². The second kappa shape index (κ2) is 10.2. The SMILES string of the molecule is C[NH2+]/C=C(\C=N)c1ccc(Nc2ncc3c(n2)N(C2CCCC2)C2(CCCC3)CCNC2=O)cc1. The first kappa shape index (κ1) is 23.5. The van der Waals surface area contributed by atoms with E-state index in [-0.39, 0.29) is 5.91 Å². The number of quaternary nitrogens is 1. The summed E-state index contributed by atoms with van der Waals surface area (Å²) in [5.74, 6) is 1.66. The van der Waals surface area contributed by atoms with Crippen LogP contribution < -0.4 is 20.9 Å². The normalized spacial score (nSPS) is 23.1. The smallest absolute Gasteiger partial charge is 0.246 e. The number of aromatic nitrogens is 2. The molecule has 5 N–H and O–H groups in total. The van der Waals surface area contributed by atoms with E-state index >= 15 is 0 Å². The lowest BCUT2D eigenvalue weighted by molar-refractivity contribution is -0.555. The lowest BCUT2D eigenvalue weighted by Gasteiger charge is -2.45. The summed E-state index contributed by atoms with van der Waals surface area (Å²) >= 11 is 0. The van der Waals surface area contributed by atoms with Crippen molar-refractivity contribution in [1.29, 1.82) is 5.41 Å². The lowest BCUT2D eigenvalue weighted by Crippen LogP contribution is -2.72. The summed E-state index contributed by atoms with van der Waals surface area (Å²) in [4.78, 5) is 25.4. The van der Waals surface area contributed by atoms with Gasteiger partial charge in [0.05, 0.1) is 12.6 Å². The highest BCUT2D eigenvalue weighted by atomic mass is 16.2. The monoisotopic (exact) mass is 474 g/mol. The van der Waals surface area contributed by atoms with E-state index in [0.717, 1.165) is 79.7 Å². The number of nitrogens with one attached hydrogen (secondary N) is 3. The Balaban J connectivity index is 1.49. The fourth-order valence-electron chi connectivity index (χ4n) is 6.00. The Morgan fingerprint density at radius 3 is 2.69 bits per heavy atom. The predicted octanol–water partition coefficient (Wildman–Crippen LogP) is 3.14. The van der Waals surface area contributed by atoms with Crippen LogP contribution in [0.5, 0.6) is 0 Å². The molecule has 8 nitrogen and oxygen atoms in total. The number of allylic oxidation sites excluding steroid dienone is 1. The molecule has 1 spiro atoms. The van der Waals surface area contributed by atoms with Crippen molar-refractivity contribution in [1.82, 2.24) is 15.3 Å². The zero-order valence-corrected chi connectivity index (χ0v) is 20.5. The molecule has 3 heterocycles. The molecule has 0 radical (unpaired) electrons. The third kappa shape index (κ3) is 4.55.